The van der Waals surface area contributed by atoms with Crippen LogP contribution in [-0.2, 0) is 15.6 Å². The summed E-state index contributed by atoms with van der Waals surface area (Å²) in [5.74, 6) is 0.636. The molecule has 3 heterocycles. The van der Waals surface area contributed by atoms with Crippen molar-refractivity contribution in [1.82, 2.24) is 15.1 Å². The molecule has 0 aliphatic carbocycles. The van der Waals surface area contributed by atoms with Gasteiger partial charge in [0.25, 0.3) is 5.91 Å². The Bertz CT molecular complexity index is 1100. The van der Waals surface area contributed by atoms with Crippen LogP contribution in [-0.4, -0.2) is 54.9 Å². The number of aromatic amines is 1. The smallest absolute Gasteiger partial charge is 0.271 e. The van der Waals surface area contributed by atoms with Gasteiger partial charge in [0.05, 0.1) is 24.3 Å². The second-order valence-electron chi connectivity index (χ2n) is 6.92. The number of nitrogens with zero attached hydrogens (tertiary/aromatic N) is 2. The van der Waals surface area contributed by atoms with E-state index >= 15 is 0 Å². The number of rotatable bonds is 6. The first-order valence-electron chi connectivity index (χ1n) is 9.20. The third-order valence-corrected chi connectivity index (χ3v) is 7.14. The van der Waals surface area contributed by atoms with Crippen molar-refractivity contribution >= 4 is 15.7 Å². The van der Waals surface area contributed by atoms with Gasteiger partial charge in [0.2, 0.25) is 0 Å². The molecule has 29 heavy (non-hydrogen) atoms. The number of carbonyl (C=O) groups is 1. The van der Waals surface area contributed by atoms with Crippen LogP contribution in [0.15, 0.2) is 53.1 Å². The Morgan fingerprint density at radius 2 is 2.14 bits per heavy atom. The molecule has 3 aromatic rings. The number of ether oxygens (including phenoxy) is 1. The molecule has 0 unspecified atom stereocenters. The lowest BCUT2D eigenvalue weighted by molar-refractivity contribution is 0.0787. The van der Waals surface area contributed by atoms with E-state index in [9.17, 15) is 13.2 Å². The molecular formula is C20H21N3O5S. The monoisotopic (exact) mass is 415 g/mol. The highest BCUT2D eigenvalue weighted by molar-refractivity contribution is 7.91. The SMILES string of the molecule is COc1ccccc1-c1cc(C(=O)N2CC[C@H](S(=O)(=O)Cc3ccco3)C2)[nH]n1. The van der Waals surface area contributed by atoms with Crippen LogP contribution in [0.2, 0.25) is 0 Å². The van der Waals surface area contributed by atoms with Gasteiger partial charge in [-0.05, 0) is 36.8 Å². The number of amides is 1. The first kappa shape index (κ1) is 19.3. The zero-order valence-corrected chi connectivity index (χ0v) is 16.7. The van der Waals surface area contributed by atoms with Crippen LogP contribution in [0.3, 0.4) is 0 Å². The third-order valence-electron chi connectivity index (χ3n) is 5.05. The molecule has 1 N–H and O–H groups in total. The summed E-state index contributed by atoms with van der Waals surface area (Å²) in [5.41, 5.74) is 1.67. The quantitative estimate of drug-likeness (QED) is 0.663. The maximum atomic E-state index is 12.8. The van der Waals surface area contributed by atoms with Crippen molar-refractivity contribution in [2.75, 3.05) is 20.2 Å². The van der Waals surface area contributed by atoms with Crippen molar-refractivity contribution in [1.29, 1.82) is 0 Å². The number of carbonyl (C=O) groups excluding carboxylic acids is 1. The molecule has 2 aromatic heterocycles. The predicted molar refractivity (Wildman–Crippen MR) is 106 cm³/mol. The van der Waals surface area contributed by atoms with Crippen LogP contribution in [0.1, 0.15) is 22.7 Å². The first-order chi connectivity index (χ1) is 14.0. The minimum atomic E-state index is -3.41. The van der Waals surface area contributed by atoms with Gasteiger partial charge in [-0.25, -0.2) is 8.42 Å². The highest BCUT2D eigenvalue weighted by Crippen LogP contribution is 2.29. The summed E-state index contributed by atoms with van der Waals surface area (Å²) in [6.45, 7) is 0.536. The number of furan rings is 1. The van der Waals surface area contributed by atoms with E-state index in [0.717, 1.165) is 5.56 Å². The van der Waals surface area contributed by atoms with Gasteiger partial charge < -0.3 is 14.1 Å². The van der Waals surface area contributed by atoms with Gasteiger partial charge in [0.15, 0.2) is 9.84 Å². The molecule has 4 rings (SSSR count). The Morgan fingerprint density at radius 1 is 1.31 bits per heavy atom. The molecule has 1 amide bonds. The van der Waals surface area contributed by atoms with Crippen molar-refractivity contribution in [3.63, 3.8) is 0 Å². The molecule has 1 atom stereocenters. The zero-order valence-electron chi connectivity index (χ0n) is 15.9. The van der Waals surface area contributed by atoms with Gasteiger partial charge in [0.1, 0.15) is 23.0 Å². The standard InChI is InChI=1S/C20H21N3O5S/c1-27-19-7-3-2-6-16(19)17-11-18(22-21-17)20(24)23-9-8-15(12-23)29(25,26)13-14-5-4-10-28-14/h2-7,10-11,15H,8-9,12-13H2,1H3,(H,21,22)/t15-/m0/s1. The number of likely N-dealkylation sites (tertiary alicyclic amines) is 1. The van der Waals surface area contributed by atoms with E-state index in [4.69, 9.17) is 9.15 Å². The van der Waals surface area contributed by atoms with Gasteiger partial charge in [-0.3, -0.25) is 9.89 Å². The highest BCUT2D eigenvalue weighted by atomic mass is 32.2. The molecule has 1 aromatic carbocycles. The number of hydrogen-bond acceptors (Lipinski definition) is 6. The normalized spacial score (nSPS) is 16.9. The second kappa shape index (κ2) is 7.75. The maximum Gasteiger partial charge on any atom is 0.271 e. The average Bonchev–Trinajstić information content (AvgIpc) is 3.48. The molecule has 1 aliphatic heterocycles. The number of H-pyrrole nitrogens is 1. The molecule has 0 spiro atoms. The van der Waals surface area contributed by atoms with Gasteiger partial charge in [-0.15, -0.1) is 0 Å². The molecule has 0 radical (unpaired) electrons. The fraction of sp³-hybridized carbons (Fsp3) is 0.300. The van der Waals surface area contributed by atoms with E-state index in [1.165, 1.54) is 6.26 Å². The number of aromatic nitrogens is 2. The molecule has 9 heteroatoms. The van der Waals surface area contributed by atoms with Crippen LogP contribution in [0.25, 0.3) is 11.3 Å². The zero-order chi connectivity index (χ0) is 20.4. The van der Waals surface area contributed by atoms with Crippen LogP contribution >= 0.6 is 0 Å². The van der Waals surface area contributed by atoms with E-state index in [1.54, 1.807) is 30.2 Å². The Balaban J connectivity index is 1.47. The summed E-state index contributed by atoms with van der Waals surface area (Å²) in [5, 5.41) is 6.38. The van der Waals surface area contributed by atoms with Crippen LogP contribution in [0.4, 0.5) is 0 Å². The van der Waals surface area contributed by atoms with Crippen molar-refractivity contribution in [3.05, 3.63) is 60.2 Å². The number of methoxy groups -OCH3 is 1. The highest BCUT2D eigenvalue weighted by Gasteiger charge is 2.36. The number of sulfone groups is 1. The molecule has 1 saturated heterocycles. The summed E-state index contributed by atoms with van der Waals surface area (Å²) in [6, 6.07) is 12.4. The molecule has 8 nitrogen and oxygen atoms in total. The Labute approximate surface area is 168 Å². The summed E-state index contributed by atoms with van der Waals surface area (Å²) in [4.78, 5) is 14.4. The van der Waals surface area contributed by atoms with Crippen LogP contribution in [0, 0.1) is 0 Å². The Hall–Kier alpha value is -3.07. The van der Waals surface area contributed by atoms with Crippen molar-refractivity contribution < 1.29 is 22.4 Å². The first-order valence-corrected chi connectivity index (χ1v) is 10.9. The number of nitrogens with one attached hydrogen (secondary N) is 1. The molecule has 0 saturated carbocycles. The topological polar surface area (TPSA) is 105 Å². The van der Waals surface area contributed by atoms with Gasteiger partial charge in [-0.1, -0.05) is 12.1 Å². The number of benzene rings is 1. The maximum absolute atomic E-state index is 12.8. The lowest BCUT2D eigenvalue weighted by Crippen LogP contribution is -2.32. The van der Waals surface area contributed by atoms with Crippen LogP contribution in [0.5, 0.6) is 5.75 Å². The van der Waals surface area contributed by atoms with E-state index in [-0.39, 0.29) is 18.2 Å². The molecule has 1 fully saturated rings. The van der Waals surface area contributed by atoms with E-state index < -0.39 is 15.1 Å². The molecule has 1 aliphatic rings. The minimum Gasteiger partial charge on any atom is -0.496 e. The molecule has 0 bridgehead atoms. The fourth-order valence-corrected chi connectivity index (χ4v) is 5.18. The van der Waals surface area contributed by atoms with Gasteiger partial charge in [0, 0.05) is 18.7 Å². The Morgan fingerprint density at radius 3 is 2.90 bits per heavy atom. The third kappa shape index (κ3) is 3.91. The summed E-state index contributed by atoms with van der Waals surface area (Å²) >= 11 is 0. The number of para-hydroxylation sites is 1. The van der Waals surface area contributed by atoms with Crippen LogP contribution < -0.4 is 4.74 Å². The summed E-state index contributed by atoms with van der Waals surface area (Å²) in [7, 11) is -1.83. The lowest BCUT2D eigenvalue weighted by atomic mass is 10.1. The summed E-state index contributed by atoms with van der Waals surface area (Å²) < 4.78 is 35.8. The lowest BCUT2D eigenvalue weighted by Gasteiger charge is -2.15. The van der Waals surface area contributed by atoms with Crippen molar-refractivity contribution in [2.45, 2.75) is 17.4 Å². The van der Waals surface area contributed by atoms with Crippen molar-refractivity contribution in [2.24, 2.45) is 0 Å². The number of hydrogen-bond donors (Lipinski definition) is 1. The Kier molecular flexibility index (Phi) is 5.14. The van der Waals surface area contributed by atoms with E-state index in [0.29, 0.717) is 35.9 Å². The second-order valence-corrected chi connectivity index (χ2v) is 9.20. The predicted octanol–water partition coefficient (Wildman–Crippen LogP) is 2.51. The van der Waals surface area contributed by atoms with Crippen molar-refractivity contribution in [3.8, 4) is 17.0 Å². The van der Waals surface area contributed by atoms with Gasteiger partial charge in [-0.2, -0.15) is 5.10 Å². The van der Waals surface area contributed by atoms with E-state index in [1.807, 2.05) is 24.3 Å². The fourth-order valence-electron chi connectivity index (χ4n) is 3.51. The minimum absolute atomic E-state index is 0.158. The molecular weight excluding hydrogens is 394 g/mol. The van der Waals surface area contributed by atoms with Gasteiger partial charge >= 0.3 is 0 Å². The van der Waals surface area contributed by atoms with E-state index in [2.05, 4.69) is 10.2 Å². The largest absolute Gasteiger partial charge is 0.496 e. The molecule has 152 valence electrons. The summed E-state index contributed by atoms with van der Waals surface area (Å²) in [6.07, 6.45) is 1.86. The average molecular weight is 415 g/mol.